The minimum absolute atomic E-state index is 0.530. The van der Waals surface area contributed by atoms with Crippen LogP contribution in [0.15, 0.2) is 0 Å². The zero-order valence-electron chi connectivity index (χ0n) is 8.11. The van der Waals surface area contributed by atoms with Crippen LogP contribution in [0, 0.1) is 0 Å². The van der Waals surface area contributed by atoms with Crippen LogP contribution in [0.5, 0.6) is 0 Å². The van der Waals surface area contributed by atoms with E-state index in [1.54, 1.807) is 0 Å². The Labute approximate surface area is 79.7 Å². The fourth-order valence-electron chi connectivity index (χ4n) is 1.60. The molecule has 2 N–H and O–H groups in total. The van der Waals surface area contributed by atoms with Gasteiger partial charge in [0.25, 0.3) is 0 Å². The number of aliphatic hydroxyl groups is 2. The first-order valence-corrected chi connectivity index (χ1v) is 5.24. The Bertz CT molecular complexity index is 113. The van der Waals surface area contributed by atoms with Gasteiger partial charge in [0.15, 0.2) is 0 Å². The average molecular weight is 188 g/mol. The second-order valence-electron chi connectivity index (χ2n) is 3.74. The molecule has 1 aliphatic heterocycles. The smallest absolute Gasteiger partial charge is 0.0799 e. The second-order valence-corrected chi connectivity index (χ2v) is 3.74. The summed E-state index contributed by atoms with van der Waals surface area (Å²) in [5.41, 5.74) is 0. The molecule has 0 bridgehead atoms. The molecule has 78 valence electrons. The minimum atomic E-state index is -0.530. The molecule has 0 aliphatic carbocycles. The van der Waals surface area contributed by atoms with Gasteiger partial charge in [-0.2, -0.15) is 0 Å². The molecule has 2 unspecified atom stereocenters. The molecule has 3 nitrogen and oxygen atoms in total. The van der Waals surface area contributed by atoms with Crippen molar-refractivity contribution in [1.82, 2.24) is 0 Å². The number of rotatable bonds is 0. The van der Waals surface area contributed by atoms with Gasteiger partial charge in [-0.15, -0.1) is 0 Å². The van der Waals surface area contributed by atoms with Gasteiger partial charge in [-0.05, 0) is 38.5 Å². The van der Waals surface area contributed by atoms with Crippen LogP contribution in [-0.2, 0) is 4.74 Å². The molecule has 2 atom stereocenters. The van der Waals surface area contributed by atoms with E-state index in [-0.39, 0.29) is 0 Å². The molecule has 0 aromatic rings. The van der Waals surface area contributed by atoms with E-state index in [0.29, 0.717) is 12.8 Å². The predicted molar refractivity (Wildman–Crippen MR) is 50.5 cm³/mol. The largest absolute Gasteiger partial charge is 0.390 e. The Morgan fingerprint density at radius 2 is 1.23 bits per heavy atom. The predicted octanol–water partition coefficient (Wildman–Crippen LogP) is 1.08. The van der Waals surface area contributed by atoms with Crippen molar-refractivity contribution in [2.45, 2.75) is 50.7 Å². The normalized spacial score (nSPS) is 33.7. The van der Waals surface area contributed by atoms with Crippen molar-refractivity contribution < 1.29 is 14.9 Å². The van der Waals surface area contributed by atoms with Gasteiger partial charge < -0.3 is 14.9 Å². The Balaban J connectivity index is 2.26. The summed E-state index contributed by atoms with van der Waals surface area (Å²) in [4.78, 5) is 0. The first-order valence-electron chi connectivity index (χ1n) is 5.24. The van der Waals surface area contributed by atoms with Gasteiger partial charge >= 0.3 is 0 Å². The Morgan fingerprint density at radius 1 is 0.769 bits per heavy atom. The molecule has 0 amide bonds. The van der Waals surface area contributed by atoms with Gasteiger partial charge in [0.05, 0.1) is 12.2 Å². The Morgan fingerprint density at radius 3 is 1.69 bits per heavy atom. The summed E-state index contributed by atoms with van der Waals surface area (Å²) < 4.78 is 5.37. The maximum absolute atomic E-state index is 9.50. The third kappa shape index (κ3) is 4.60. The van der Waals surface area contributed by atoms with E-state index in [1.165, 1.54) is 0 Å². The molecule has 1 aliphatic rings. The third-order valence-electron chi connectivity index (χ3n) is 2.52. The second kappa shape index (κ2) is 6.35. The van der Waals surface area contributed by atoms with Gasteiger partial charge in [-0.3, -0.25) is 0 Å². The van der Waals surface area contributed by atoms with E-state index in [0.717, 1.165) is 38.9 Å². The first-order chi connectivity index (χ1) is 6.30. The molecule has 1 rings (SSSR count). The molecule has 1 heterocycles. The quantitative estimate of drug-likeness (QED) is 0.598. The maximum atomic E-state index is 9.50. The van der Waals surface area contributed by atoms with Crippen LogP contribution in [-0.4, -0.2) is 35.6 Å². The van der Waals surface area contributed by atoms with Crippen LogP contribution >= 0.6 is 0 Å². The summed E-state index contributed by atoms with van der Waals surface area (Å²) in [5, 5.41) is 19.0. The lowest BCUT2D eigenvalue weighted by atomic mass is 10.0. The van der Waals surface area contributed by atoms with Gasteiger partial charge in [-0.1, -0.05) is 0 Å². The van der Waals surface area contributed by atoms with Gasteiger partial charge in [0.2, 0.25) is 0 Å². The summed E-state index contributed by atoms with van der Waals surface area (Å²) in [6.07, 6.45) is 4.20. The van der Waals surface area contributed by atoms with E-state index in [2.05, 4.69) is 0 Å². The van der Waals surface area contributed by atoms with E-state index >= 15 is 0 Å². The lowest BCUT2D eigenvalue weighted by Crippen LogP contribution is -2.25. The zero-order chi connectivity index (χ0) is 9.52. The number of hydrogen-bond donors (Lipinski definition) is 2. The highest BCUT2D eigenvalue weighted by atomic mass is 16.5. The Kier molecular flexibility index (Phi) is 5.35. The Hall–Kier alpha value is -0.120. The van der Waals surface area contributed by atoms with Crippen molar-refractivity contribution in [3.8, 4) is 0 Å². The van der Waals surface area contributed by atoms with Crippen LogP contribution < -0.4 is 0 Å². The number of hydrogen-bond acceptors (Lipinski definition) is 3. The van der Waals surface area contributed by atoms with E-state index in [9.17, 15) is 10.2 Å². The fraction of sp³-hybridized carbons (Fsp3) is 1.00. The summed E-state index contributed by atoms with van der Waals surface area (Å²) >= 11 is 0. The van der Waals surface area contributed by atoms with Crippen LogP contribution in [0.1, 0.15) is 38.5 Å². The van der Waals surface area contributed by atoms with Crippen LogP contribution in [0.25, 0.3) is 0 Å². The van der Waals surface area contributed by atoms with Crippen LogP contribution in [0.4, 0.5) is 0 Å². The molecule has 3 heteroatoms. The molecular formula is C10H20O3. The lowest BCUT2D eigenvalue weighted by molar-refractivity contribution is 0.00782. The molecule has 0 saturated carbocycles. The highest BCUT2D eigenvalue weighted by molar-refractivity contribution is 4.67. The van der Waals surface area contributed by atoms with Gasteiger partial charge in [0.1, 0.15) is 0 Å². The van der Waals surface area contributed by atoms with Gasteiger partial charge in [-0.25, -0.2) is 0 Å². The highest BCUT2D eigenvalue weighted by Gasteiger charge is 2.15. The van der Waals surface area contributed by atoms with Crippen LogP contribution in [0.3, 0.4) is 0 Å². The van der Waals surface area contributed by atoms with E-state index in [4.69, 9.17) is 4.74 Å². The zero-order valence-corrected chi connectivity index (χ0v) is 8.11. The molecule has 1 fully saturated rings. The molecule has 13 heavy (non-hydrogen) atoms. The number of aliphatic hydroxyl groups excluding tert-OH is 2. The van der Waals surface area contributed by atoms with Crippen LogP contribution in [0.2, 0.25) is 0 Å². The molecular weight excluding hydrogens is 168 g/mol. The summed E-state index contributed by atoms with van der Waals surface area (Å²) in [6.45, 7) is 1.59. The molecule has 0 aromatic heterocycles. The molecule has 0 radical (unpaired) electrons. The molecule has 0 aromatic carbocycles. The SMILES string of the molecule is OC1CCCCOCCCCC1O. The monoisotopic (exact) mass is 188 g/mol. The molecule has 1 saturated heterocycles. The van der Waals surface area contributed by atoms with Crippen molar-refractivity contribution in [3.63, 3.8) is 0 Å². The average Bonchev–Trinajstić information content (AvgIpc) is 2.16. The first kappa shape index (κ1) is 11.0. The fourth-order valence-corrected chi connectivity index (χ4v) is 1.60. The van der Waals surface area contributed by atoms with Gasteiger partial charge in [0, 0.05) is 13.2 Å². The summed E-state index contributed by atoms with van der Waals surface area (Å²) in [7, 11) is 0. The van der Waals surface area contributed by atoms with Crippen molar-refractivity contribution in [2.75, 3.05) is 13.2 Å². The van der Waals surface area contributed by atoms with E-state index < -0.39 is 12.2 Å². The van der Waals surface area contributed by atoms with E-state index in [1.807, 2.05) is 0 Å². The third-order valence-corrected chi connectivity index (χ3v) is 2.52. The van der Waals surface area contributed by atoms with Crippen molar-refractivity contribution in [3.05, 3.63) is 0 Å². The summed E-state index contributed by atoms with van der Waals surface area (Å²) in [6, 6.07) is 0. The minimum Gasteiger partial charge on any atom is -0.390 e. The number of ether oxygens (including phenoxy) is 1. The van der Waals surface area contributed by atoms with Crippen molar-refractivity contribution in [2.24, 2.45) is 0 Å². The standard InChI is InChI=1S/C10H20O3/c11-9-5-1-3-7-13-8-4-2-6-10(9)12/h9-12H,1-8H2. The van der Waals surface area contributed by atoms with Crippen molar-refractivity contribution >= 4 is 0 Å². The van der Waals surface area contributed by atoms with Crippen molar-refractivity contribution in [1.29, 1.82) is 0 Å². The maximum Gasteiger partial charge on any atom is 0.0799 e. The highest BCUT2D eigenvalue weighted by Crippen LogP contribution is 2.12. The molecule has 0 spiro atoms. The summed E-state index contributed by atoms with van der Waals surface area (Å²) in [5.74, 6) is 0. The lowest BCUT2D eigenvalue weighted by Gasteiger charge is -2.16. The topological polar surface area (TPSA) is 49.7 Å².